The number of likely N-dealkylation sites (tertiary alicyclic amines) is 1. The molecule has 1 aliphatic heterocycles. The van der Waals surface area contributed by atoms with Crippen LogP contribution in [0.15, 0.2) is 30.3 Å². The SMILES string of the molecule is NC(Cc1ccccc1)C(=O)N1CCC[C@H]1C=O. The van der Waals surface area contributed by atoms with Crippen LogP contribution in [0.1, 0.15) is 18.4 Å². The molecule has 18 heavy (non-hydrogen) atoms. The molecule has 0 spiro atoms. The van der Waals surface area contributed by atoms with E-state index in [1.807, 2.05) is 30.3 Å². The van der Waals surface area contributed by atoms with Gasteiger partial charge in [-0.2, -0.15) is 0 Å². The number of carbonyl (C=O) groups excluding carboxylic acids is 2. The van der Waals surface area contributed by atoms with Crippen LogP contribution in [0.4, 0.5) is 0 Å². The molecule has 1 unspecified atom stereocenters. The number of carbonyl (C=O) groups is 2. The normalized spacial score (nSPS) is 20.7. The summed E-state index contributed by atoms with van der Waals surface area (Å²) in [5.41, 5.74) is 6.98. The first kappa shape index (κ1) is 12.8. The molecule has 1 aromatic carbocycles. The zero-order valence-electron chi connectivity index (χ0n) is 10.3. The molecule has 2 N–H and O–H groups in total. The number of nitrogens with zero attached hydrogens (tertiary/aromatic N) is 1. The van der Waals surface area contributed by atoms with Gasteiger partial charge in [0.2, 0.25) is 5.91 Å². The molecule has 1 heterocycles. The maximum Gasteiger partial charge on any atom is 0.240 e. The van der Waals surface area contributed by atoms with E-state index in [1.165, 1.54) is 0 Å². The van der Waals surface area contributed by atoms with Gasteiger partial charge < -0.3 is 15.4 Å². The fraction of sp³-hybridized carbons (Fsp3) is 0.429. The first-order valence-corrected chi connectivity index (χ1v) is 6.27. The second kappa shape index (κ2) is 5.78. The van der Waals surface area contributed by atoms with Gasteiger partial charge >= 0.3 is 0 Å². The summed E-state index contributed by atoms with van der Waals surface area (Å²) in [6.07, 6.45) is 3.00. The van der Waals surface area contributed by atoms with Crippen molar-refractivity contribution >= 4 is 12.2 Å². The highest BCUT2D eigenvalue weighted by molar-refractivity contribution is 5.85. The van der Waals surface area contributed by atoms with Crippen LogP contribution in [0, 0.1) is 0 Å². The van der Waals surface area contributed by atoms with Crippen molar-refractivity contribution in [3.05, 3.63) is 35.9 Å². The lowest BCUT2D eigenvalue weighted by molar-refractivity contribution is -0.135. The van der Waals surface area contributed by atoms with E-state index < -0.39 is 6.04 Å². The highest BCUT2D eigenvalue weighted by atomic mass is 16.2. The molecule has 0 radical (unpaired) electrons. The maximum atomic E-state index is 12.2. The third kappa shape index (κ3) is 2.76. The molecule has 4 nitrogen and oxygen atoms in total. The number of rotatable bonds is 4. The molecule has 1 fully saturated rings. The van der Waals surface area contributed by atoms with Crippen LogP contribution in [0.2, 0.25) is 0 Å². The zero-order valence-corrected chi connectivity index (χ0v) is 10.3. The largest absolute Gasteiger partial charge is 0.332 e. The third-order valence-electron chi connectivity index (χ3n) is 3.36. The van der Waals surface area contributed by atoms with Gasteiger partial charge in [0.15, 0.2) is 0 Å². The lowest BCUT2D eigenvalue weighted by Crippen LogP contribution is -2.47. The van der Waals surface area contributed by atoms with Crippen molar-refractivity contribution in [2.24, 2.45) is 5.73 Å². The first-order chi connectivity index (χ1) is 8.72. The standard InChI is InChI=1S/C14H18N2O2/c15-13(9-11-5-2-1-3-6-11)14(18)16-8-4-7-12(16)10-17/h1-3,5-6,10,12-13H,4,7-9,15H2/t12-,13?/m0/s1. The number of hydrogen-bond donors (Lipinski definition) is 1. The van der Waals surface area contributed by atoms with E-state index in [-0.39, 0.29) is 11.9 Å². The number of amides is 1. The van der Waals surface area contributed by atoms with Crippen LogP contribution >= 0.6 is 0 Å². The molecule has 0 bridgehead atoms. The van der Waals surface area contributed by atoms with Gasteiger partial charge in [-0.1, -0.05) is 30.3 Å². The van der Waals surface area contributed by atoms with E-state index >= 15 is 0 Å². The summed E-state index contributed by atoms with van der Waals surface area (Å²) in [6.45, 7) is 0.644. The third-order valence-corrected chi connectivity index (χ3v) is 3.36. The Balaban J connectivity index is 1.98. The highest BCUT2D eigenvalue weighted by Crippen LogP contribution is 2.17. The summed E-state index contributed by atoms with van der Waals surface area (Å²) < 4.78 is 0. The van der Waals surface area contributed by atoms with Gasteiger partial charge in [0, 0.05) is 6.54 Å². The molecule has 0 aliphatic carbocycles. The minimum Gasteiger partial charge on any atom is -0.332 e. The second-order valence-electron chi connectivity index (χ2n) is 4.67. The van der Waals surface area contributed by atoms with Gasteiger partial charge in [0.1, 0.15) is 6.29 Å². The van der Waals surface area contributed by atoms with Gasteiger partial charge in [-0.05, 0) is 24.8 Å². The van der Waals surface area contributed by atoms with Crippen LogP contribution in [0.25, 0.3) is 0 Å². The Hall–Kier alpha value is -1.68. The molecule has 1 amide bonds. The molecule has 2 rings (SSSR count). The van der Waals surface area contributed by atoms with Crippen molar-refractivity contribution in [2.75, 3.05) is 6.54 Å². The van der Waals surface area contributed by atoms with Crippen LogP contribution < -0.4 is 5.73 Å². The number of nitrogens with two attached hydrogens (primary N) is 1. The van der Waals surface area contributed by atoms with Gasteiger partial charge in [0.25, 0.3) is 0 Å². The molecule has 0 aromatic heterocycles. The summed E-state index contributed by atoms with van der Waals surface area (Å²) in [5, 5.41) is 0. The fourth-order valence-corrected chi connectivity index (χ4v) is 2.38. The van der Waals surface area contributed by atoms with Crippen LogP contribution in [0.3, 0.4) is 0 Å². The Morgan fingerprint density at radius 2 is 2.17 bits per heavy atom. The monoisotopic (exact) mass is 246 g/mol. The molecule has 1 aromatic rings. The fourth-order valence-electron chi connectivity index (χ4n) is 2.38. The summed E-state index contributed by atoms with van der Waals surface area (Å²) >= 11 is 0. The highest BCUT2D eigenvalue weighted by Gasteiger charge is 2.31. The lowest BCUT2D eigenvalue weighted by Gasteiger charge is -2.24. The molecule has 1 saturated heterocycles. The smallest absolute Gasteiger partial charge is 0.240 e. The van der Waals surface area contributed by atoms with Crippen molar-refractivity contribution in [1.82, 2.24) is 4.90 Å². The van der Waals surface area contributed by atoms with Crippen molar-refractivity contribution in [3.63, 3.8) is 0 Å². The predicted molar refractivity (Wildman–Crippen MR) is 68.9 cm³/mol. The van der Waals surface area contributed by atoms with Crippen molar-refractivity contribution in [2.45, 2.75) is 31.3 Å². The van der Waals surface area contributed by atoms with E-state index in [1.54, 1.807) is 4.90 Å². The molecule has 2 atom stereocenters. The van der Waals surface area contributed by atoms with Crippen molar-refractivity contribution < 1.29 is 9.59 Å². The van der Waals surface area contributed by atoms with E-state index in [0.717, 1.165) is 24.7 Å². The number of hydrogen-bond acceptors (Lipinski definition) is 3. The van der Waals surface area contributed by atoms with E-state index in [0.29, 0.717) is 13.0 Å². The molecule has 0 saturated carbocycles. The van der Waals surface area contributed by atoms with Gasteiger partial charge in [-0.25, -0.2) is 0 Å². The quantitative estimate of drug-likeness (QED) is 0.797. The van der Waals surface area contributed by atoms with Crippen molar-refractivity contribution in [3.8, 4) is 0 Å². The average Bonchev–Trinajstić information content (AvgIpc) is 2.87. The van der Waals surface area contributed by atoms with Crippen LogP contribution in [0.5, 0.6) is 0 Å². The van der Waals surface area contributed by atoms with Crippen LogP contribution in [-0.4, -0.2) is 35.7 Å². The Morgan fingerprint density at radius 1 is 1.44 bits per heavy atom. The Kier molecular flexibility index (Phi) is 4.10. The predicted octanol–water partition coefficient (Wildman–Crippen LogP) is 0.746. The van der Waals surface area contributed by atoms with E-state index in [9.17, 15) is 9.59 Å². The first-order valence-electron chi connectivity index (χ1n) is 6.27. The average molecular weight is 246 g/mol. The van der Waals surface area contributed by atoms with Crippen molar-refractivity contribution in [1.29, 1.82) is 0 Å². The number of benzene rings is 1. The molecular weight excluding hydrogens is 228 g/mol. The summed E-state index contributed by atoms with van der Waals surface area (Å²) in [4.78, 5) is 24.6. The van der Waals surface area contributed by atoms with Gasteiger partial charge in [-0.3, -0.25) is 4.79 Å². The minimum atomic E-state index is -0.562. The minimum absolute atomic E-state index is 0.117. The molecule has 4 heteroatoms. The maximum absolute atomic E-state index is 12.2. The molecule has 96 valence electrons. The molecule has 1 aliphatic rings. The molecular formula is C14H18N2O2. The number of aldehydes is 1. The Morgan fingerprint density at radius 3 is 2.83 bits per heavy atom. The van der Waals surface area contributed by atoms with Crippen LogP contribution in [-0.2, 0) is 16.0 Å². The van der Waals surface area contributed by atoms with E-state index in [4.69, 9.17) is 5.73 Å². The summed E-state index contributed by atoms with van der Waals surface area (Å²) in [7, 11) is 0. The van der Waals surface area contributed by atoms with Gasteiger partial charge in [0.05, 0.1) is 12.1 Å². The lowest BCUT2D eigenvalue weighted by atomic mass is 10.1. The Bertz CT molecular complexity index is 419. The van der Waals surface area contributed by atoms with E-state index in [2.05, 4.69) is 0 Å². The topological polar surface area (TPSA) is 63.4 Å². The summed E-state index contributed by atoms with van der Waals surface area (Å²) in [5.74, 6) is -0.117. The zero-order chi connectivity index (χ0) is 13.0. The summed E-state index contributed by atoms with van der Waals surface area (Å²) in [6, 6.07) is 8.85. The van der Waals surface area contributed by atoms with Gasteiger partial charge in [-0.15, -0.1) is 0 Å². The Labute approximate surface area is 107 Å². The second-order valence-corrected chi connectivity index (χ2v) is 4.67.